The molecule has 138 valence electrons. The lowest BCUT2D eigenvalue weighted by Gasteiger charge is -2.25. The van der Waals surface area contributed by atoms with Gasteiger partial charge >= 0.3 is 8.80 Å². The number of rotatable bonds is 14. The minimum atomic E-state index is -2.51. The maximum atomic E-state index is 5.71. The van der Waals surface area contributed by atoms with E-state index in [1.54, 1.807) is 20.3 Å². The summed E-state index contributed by atoms with van der Waals surface area (Å²) in [5, 5.41) is 6.84. The third-order valence-electron chi connectivity index (χ3n) is 3.53. The summed E-state index contributed by atoms with van der Waals surface area (Å²) in [6.45, 7) is 7.83. The Balaban J connectivity index is 0.00000529. The molecule has 2 N–H and O–H groups in total. The molecule has 0 spiro atoms. The van der Waals surface area contributed by atoms with Crippen LogP contribution in [0.15, 0.2) is 43.0 Å². The highest BCUT2D eigenvalue weighted by atomic mass is 35.5. The van der Waals surface area contributed by atoms with Gasteiger partial charge in [0.2, 0.25) is 0 Å². The maximum absolute atomic E-state index is 5.71. The molecule has 0 aliphatic carbocycles. The molecule has 1 aromatic rings. The summed E-state index contributed by atoms with van der Waals surface area (Å²) in [4.78, 5) is 0. The molecular weight excluding hydrogens is 344 g/mol. The molecule has 0 radical (unpaired) electrons. The molecule has 0 bridgehead atoms. The lowest BCUT2D eigenvalue weighted by molar-refractivity contribution is 0.109. The zero-order chi connectivity index (χ0) is 16.8. The van der Waals surface area contributed by atoms with Crippen LogP contribution in [0.2, 0.25) is 6.04 Å². The van der Waals surface area contributed by atoms with E-state index < -0.39 is 8.80 Å². The van der Waals surface area contributed by atoms with E-state index >= 15 is 0 Å². The summed E-state index contributed by atoms with van der Waals surface area (Å²) in [7, 11) is 0.794. The van der Waals surface area contributed by atoms with Gasteiger partial charge in [-0.15, -0.1) is 19.0 Å². The van der Waals surface area contributed by atoms with Gasteiger partial charge in [0.15, 0.2) is 0 Å². The Labute approximate surface area is 153 Å². The molecule has 1 rings (SSSR count). The zero-order valence-electron chi connectivity index (χ0n) is 14.8. The van der Waals surface area contributed by atoms with Crippen molar-refractivity contribution in [2.75, 3.05) is 40.5 Å². The topological polar surface area (TPSA) is 51.8 Å². The average Bonchev–Trinajstić information content (AvgIpc) is 2.61. The summed E-state index contributed by atoms with van der Waals surface area (Å²) in [6, 6.07) is 11.2. The first kappa shape index (κ1) is 23.3. The van der Waals surface area contributed by atoms with E-state index in [0.717, 1.165) is 38.6 Å². The summed E-state index contributed by atoms with van der Waals surface area (Å²) in [5.41, 5.74) is 1.31. The fourth-order valence-corrected chi connectivity index (χ4v) is 4.16. The van der Waals surface area contributed by atoms with Crippen LogP contribution >= 0.6 is 12.4 Å². The lowest BCUT2D eigenvalue weighted by atomic mass is 10.2. The Morgan fingerprint density at radius 3 is 2.33 bits per heavy atom. The molecule has 0 aliphatic heterocycles. The smallest absolute Gasteiger partial charge is 0.377 e. The first-order chi connectivity index (χ1) is 11.3. The van der Waals surface area contributed by atoms with Gasteiger partial charge < -0.3 is 23.9 Å². The van der Waals surface area contributed by atoms with E-state index in [0.29, 0.717) is 6.61 Å². The first-order valence-electron chi connectivity index (χ1n) is 8.07. The van der Waals surface area contributed by atoms with E-state index in [4.69, 9.17) is 13.3 Å². The zero-order valence-corrected chi connectivity index (χ0v) is 16.6. The third kappa shape index (κ3) is 9.54. The largest absolute Gasteiger partial charge is 0.500 e. The van der Waals surface area contributed by atoms with Crippen LogP contribution in [-0.2, 0) is 19.8 Å². The van der Waals surface area contributed by atoms with Crippen molar-refractivity contribution in [3.8, 4) is 0 Å². The molecule has 0 amide bonds. The number of benzene rings is 1. The molecule has 0 saturated heterocycles. The number of hydrogen-bond donors (Lipinski definition) is 2. The number of nitrogens with one attached hydrogen (secondary N) is 2. The molecule has 0 aliphatic rings. The minimum absolute atomic E-state index is 0. The molecule has 0 unspecified atom stereocenters. The predicted molar refractivity (Wildman–Crippen MR) is 104 cm³/mol. The molecule has 0 heterocycles. The Morgan fingerprint density at radius 2 is 1.71 bits per heavy atom. The van der Waals surface area contributed by atoms with Crippen molar-refractivity contribution in [3.05, 3.63) is 48.6 Å². The highest BCUT2D eigenvalue weighted by Gasteiger charge is 2.37. The molecular formula is C17H31ClN2O3Si. The van der Waals surface area contributed by atoms with Crippen LogP contribution in [0.4, 0.5) is 0 Å². The SMILES string of the molecule is C=CCO[Si](CCCNCCNCc1ccccc1)(OC)OC.Cl. The molecule has 1 aromatic carbocycles. The summed E-state index contributed by atoms with van der Waals surface area (Å²) < 4.78 is 16.7. The highest BCUT2D eigenvalue weighted by molar-refractivity contribution is 6.60. The second-order valence-electron chi connectivity index (χ2n) is 5.21. The van der Waals surface area contributed by atoms with Gasteiger partial charge in [-0.05, 0) is 18.5 Å². The first-order valence-corrected chi connectivity index (χ1v) is 10.00. The third-order valence-corrected chi connectivity index (χ3v) is 6.35. The van der Waals surface area contributed by atoms with Crippen molar-refractivity contribution in [1.29, 1.82) is 0 Å². The van der Waals surface area contributed by atoms with E-state index in [1.807, 2.05) is 6.07 Å². The standard InChI is InChI=1S/C17H30N2O3Si.ClH/c1-4-14-22-23(20-2,21-3)15-8-11-18-12-13-19-16-17-9-6-5-7-10-17;/h4-7,9-10,18-19H,1,8,11-16H2,2-3H3;1H. The fourth-order valence-electron chi connectivity index (χ4n) is 2.22. The van der Waals surface area contributed by atoms with Gasteiger partial charge in [0, 0.05) is 39.9 Å². The Bertz CT molecular complexity index is 420. The second-order valence-corrected chi connectivity index (χ2v) is 8.18. The number of halogens is 1. The van der Waals surface area contributed by atoms with Crippen LogP contribution in [0, 0.1) is 0 Å². The monoisotopic (exact) mass is 374 g/mol. The van der Waals surface area contributed by atoms with Gasteiger partial charge in [0.1, 0.15) is 0 Å². The van der Waals surface area contributed by atoms with Crippen molar-refractivity contribution in [2.24, 2.45) is 0 Å². The normalized spacial score (nSPS) is 11.1. The maximum Gasteiger partial charge on any atom is 0.500 e. The van der Waals surface area contributed by atoms with E-state index in [2.05, 4.69) is 41.5 Å². The second kappa shape index (κ2) is 14.6. The van der Waals surface area contributed by atoms with Crippen molar-refractivity contribution in [1.82, 2.24) is 10.6 Å². The van der Waals surface area contributed by atoms with Crippen molar-refractivity contribution < 1.29 is 13.3 Å². The Morgan fingerprint density at radius 1 is 1.04 bits per heavy atom. The highest BCUT2D eigenvalue weighted by Crippen LogP contribution is 2.15. The Hall–Kier alpha value is -0.733. The van der Waals surface area contributed by atoms with Gasteiger partial charge in [-0.1, -0.05) is 36.4 Å². The van der Waals surface area contributed by atoms with Crippen LogP contribution in [0.3, 0.4) is 0 Å². The average molecular weight is 375 g/mol. The predicted octanol–water partition coefficient (Wildman–Crippen LogP) is 2.61. The van der Waals surface area contributed by atoms with E-state index in [-0.39, 0.29) is 12.4 Å². The van der Waals surface area contributed by atoms with Crippen molar-refractivity contribution >= 4 is 21.2 Å². The van der Waals surface area contributed by atoms with Crippen molar-refractivity contribution in [2.45, 2.75) is 19.0 Å². The van der Waals surface area contributed by atoms with Crippen LogP contribution in [-0.4, -0.2) is 49.3 Å². The van der Waals surface area contributed by atoms with E-state index in [1.165, 1.54) is 5.56 Å². The number of hydrogen-bond acceptors (Lipinski definition) is 5. The van der Waals surface area contributed by atoms with Gasteiger partial charge in [-0.25, -0.2) is 0 Å². The fraction of sp³-hybridized carbons (Fsp3) is 0.529. The van der Waals surface area contributed by atoms with Crippen LogP contribution in [0.5, 0.6) is 0 Å². The van der Waals surface area contributed by atoms with Gasteiger partial charge in [0.05, 0.1) is 6.61 Å². The molecule has 7 heteroatoms. The van der Waals surface area contributed by atoms with Gasteiger partial charge in [-0.2, -0.15) is 0 Å². The lowest BCUT2D eigenvalue weighted by Crippen LogP contribution is -2.44. The summed E-state index contributed by atoms with van der Waals surface area (Å²) in [6.07, 6.45) is 2.68. The molecule has 0 fully saturated rings. The van der Waals surface area contributed by atoms with Crippen LogP contribution in [0.1, 0.15) is 12.0 Å². The quantitative estimate of drug-likeness (QED) is 0.298. The van der Waals surface area contributed by atoms with E-state index in [9.17, 15) is 0 Å². The molecule has 24 heavy (non-hydrogen) atoms. The minimum Gasteiger partial charge on any atom is -0.377 e. The summed E-state index contributed by atoms with van der Waals surface area (Å²) >= 11 is 0. The summed E-state index contributed by atoms with van der Waals surface area (Å²) in [5.74, 6) is 0. The molecule has 0 atom stereocenters. The van der Waals surface area contributed by atoms with Crippen LogP contribution < -0.4 is 10.6 Å². The van der Waals surface area contributed by atoms with Gasteiger partial charge in [-0.3, -0.25) is 0 Å². The molecule has 0 saturated carbocycles. The molecule has 0 aromatic heterocycles. The van der Waals surface area contributed by atoms with Crippen molar-refractivity contribution in [3.63, 3.8) is 0 Å². The molecule has 5 nitrogen and oxygen atoms in total. The van der Waals surface area contributed by atoms with Gasteiger partial charge in [0.25, 0.3) is 0 Å². The van der Waals surface area contributed by atoms with Crippen LogP contribution in [0.25, 0.3) is 0 Å². The Kier molecular flexibility index (Phi) is 14.2.